The van der Waals surface area contributed by atoms with E-state index in [0.29, 0.717) is 45.1 Å². The van der Waals surface area contributed by atoms with Crippen molar-refractivity contribution in [1.29, 1.82) is 0 Å². The Bertz CT molecular complexity index is 4830. The number of ether oxygens (including phenoxy) is 1. The van der Waals surface area contributed by atoms with E-state index in [1.54, 1.807) is 6.20 Å². The standard InChI is InChI=1S/C67H42N4O2.Pt/c1-44-39-64(68-42-58(44)48-25-12-5-13-26-48)71-59-33-15-14-27-54(59)55-37-35-49(40-61(55)71)72-50-36-38-63-62(41-50)70-43-69(65-51(45-19-6-2-7-20-45)28-16-29-52(65)46-21-8-3-9-22-46)60-34-18-31-56(66(60)70)57-32-17-30-53(67(57)73-63)47-23-10-4-11-24-47;/h2-39,42H,1H3;/q-2;/i5D,12D,13D,25D,26D;. The minimum absolute atomic E-state index is 0.105. The van der Waals surface area contributed by atoms with Gasteiger partial charge in [-0.15, -0.1) is 0 Å². The number of nitrogens with zero attached hydrogens (tertiary/aromatic N) is 4. The van der Waals surface area contributed by atoms with Gasteiger partial charge in [-0.2, -0.15) is 0 Å². The van der Waals surface area contributed by atoms with Crippen LogP contribution in [0.1, 0.15) is 12.4 Å². The molecule has 4 aromatic heterocycles. The number of aryl methyl sites for hydroxylation is 1. The van der Waals surface area contributed by atoms with Crippen LogP contribution in [0.15, 0.2) is 241 Å². The van der Waals surface area contributed by atoms with Crippen molar-refractivity contribution in [2.24, 2.45) is 0 Å². The summed E-state index contributed by atoms with van der Waals surface area (Å²) in [4.78, 5) is 4.90. The number of fused-ring (bicyclic) bond motifs is 7. The van der Waals surface area contributed by atoms with Crippen LogP contribution < -0.4 is 4.74 Å². The number of benzene rings is 10. The van der Waals surface area contributed by atoms with Crippen LogP contribution in [0.3, 0.4) is 0 Å². The molecule has 0 saturated carbocycles. The van der Waals surface area contributed by atoms with Gasteiger partial charge in [0.15, 0.2) is 0 Å². The van der Waals surface area contributed by atoms with Crippen molar-refractivity contribution in [3.05, 3.63) is 258 Å². The van der Waals surface area contributed by atoms with Crippen LogP contribution in [0.4, 0.5) is 0 Å². The van der Waals surface area contributed by atoms with Gasteiger partial charge in [-0.25, -0.2) is 0 Å². The summed E-state index contributed by atoms with van der Waals surface area (Å²) >= 11 is 2.46. The molecule has 0 radical (unpaired) electrons. The molecule has 0 saturated heterocycles. The summed E-state index contributed by atoms with van der Waals surface area (Å²) in [5.74, 6) is 1.44. The van der Waals surface area contributed by atoms with Gasteiger partial charge in [-0.3, -0.25) is 0 Å². The molecule has 0 N–H and O–H groups in total. The molecule has 0 atom stereocenters. The first-order valence-electron chi connectivity index (χ1n) is 26.7. The Morgan fingerprint density at radius 3 is 1.81 bits per heavy atom. The molecule has 0 unspecified atom stereocenters. The normalized spacial score (nSPS) is 12.6. The Morgan fingerprint density at radius 2 is 1.09 bits per heavy atom. The Morgan fingerprint density at radius 1 is 0.514 bits per heavy atom. The predicted molar refractivity (Wildman–Crippen MR) is 296 cm³/mol. The topological polar surface area (TPSA) is 49.5 Å². The Balaban J connectivity index is 1.00. The van der Waals surface area contributed by atoms with E-state index in [-0.39, 0.29) is 17.6 Å². The Kier molecular flexibility index (Phi) is 9.32. The molecular weight excluding hydrogens is 1090 g/mol. The number of aromatic nitrogens is 4. The summed E-state index contributed by atoms with van der Waals surface area (Å²) in [6.45, 7) is 1.86. The van der Waals surface area contributed by atoms with Crippen LogP contribution in [-0.4, -0.2) is 18.5 Å². The average Bonchev–Trinajstić information content (AvgIpc) is 4.21. The third kappa shape index (κ3) is 7.21. The Labute approximate surface area is 444 Å². The van der Waals surface area contributed by atoms with E-state index in [2.05, 4.69) is 162 Å². The van der Waals surface area contributed by atoms with Crippen molar-refractivity contribution in [1.82, 2.24) is 18.5 Å². The van der Waals surface area contributed by atoms with E-state index >= 15 is 0 Å². The quantitative estimate of drug-likeness (QED) is 0.143. The van der Waals surface area contributed by atoms with Gasteiger partial charge in [-0.05, 0) is 18.1 Å². The van der Waals surface area contributed by atoms with Crippen molar-refractivity contribution in [3.8, 4) is 67.5 Å². The minimum Gasteiger partial charge on any atom is -0.0616 e. The van der Waals surface area contributed by atoms with Crippen LogP contribution in [0.25, 0.3) is 116 Å². The summed E-state index contributed by atoms with van der Waals surface area (Å²) in [6.07, 6.45) is 1.58. The fraction of sp³-hybridized carbons (Fsp3) is 0.0149. The fourth-order valence-corrected chi connectivity index (χ4v) is 11.5. The molecule has 10 aromatic carbocycles. The van der Waals surface area contributed by atoms with Crippen molar-refractivity contribution in [2.45, 2.75) is 6.92 Å². The second-order valence-corrected chi connectivity index (χ2v) is 19.1. The second-order valence-electron chi connectivity index (χ2n) is 18.1. The molecule has 0 aliphatic heterocycles. The first kappa shape index (κ1) is 38.6. The van der Waals surface area contributed by atoms with E-state index < -0.39 is 18.1 Å². The van der Waals surface area contributed by atoms with Crippen LogP contribution in [0.2, 0.25) is 0 Å². The monoisotopic (exact) mass is 1130 g/mol. The summed E-state index contributed by atoms with van der Waals surface area (Å²) in [7, 11) is 0. The van der Waals surface area contributed by atoms with Gasteiger partial charge in [-0.1, -0.05) is 42.3 Å². The zero-order chi connectivity index (χ0) is 53.6. The summed E-state index contributed by atoms with van der Waals surface area (Å²) in [6, 6.07) is 74.1. The molecule has 7 heteroatoms. The molecule has 14 aromatic rings. The molecule has 354 valence electrons. The number of pyridine rings is 1. The smallest absolute Gasteiger partial charge is 0.0616 e. The number of hydrogen-bond donors (Lipinski definition) is 0. The SMILES string of the molecule is [2H]c1c([2H])c([2H])c(-c2cnc(-n3c4[c-]c(Oc5[c-]c6c(cc5)oc5c(-c7ccccc7)cccc5c5cccc7c5n6[c](=[Pt])n7-c5c(-c6ccccc6)cccc5-c5ccccc5)ccc4c4ccccc43)cc2C)c([2H])c1[2H]. The van der Waals surface area contributed by atoms with Crippen molar-refractivity contribution in [3.63, 3.8) is 0 Å². The van der Waals surface area contributed by atoms with Crippen molar-refractivity contribution < 1.29 is 35.4 Å². The first-order valence-corrected chi connectivity index (χ1v) is 25.3. The zero-order valence-electron chi connectivity index (χ0n) is 44.6. The summed E-state index contributed by atoms with van der Waals surface area (Å²) in [5, 5.41) is 3.85. The number of imidazole rings is 1. The molecule has 4 heterocycles. The van der Waals surface area contributed by atoms with Crippen LogP contribution >= 0.6 is 0 Å². The number of hydrogen-bond acceptors (Lipinski definition) is 3. The van der Waals surface area contributed by atoms with E-state index in [0.717, 1.165) is 86.6 Å². The average molecular weight is 1140 g/mol. The molecule has 0 aliphatic rings. The molecule has 14 rings (SSSR count). The van der Waals surface area contributed by atoms with Gasteiger partial charge in [0.05, 0.1) is 6.85 Å². The van der Waals surface area contributed by atoms with Gasteiger partial charge in [0.25, 0.3) is 0 Å². The van der Waals surface area contributed by atoms with Gasteiger partial charge in [0, 0.05) is 11.8 Å². The van der Waals surface area contributed by atoms with Crippen LogP contribution in [-0.2, 0) is 19.4 Å². The summed E-state index contributed by atoms with van der Waals surface area (Å²) in [5.41, 5.74) is 14.1. The fourth-order valence-electron chi connectivity index (χ4n) is 10.5. The molecule has 0 aliphatic carbocycles. The van der Waals surface area contributed by atoms with Gasteiger partial charge < -0.3 is 0 Å². The number of rotatable bonds is 8. The van der Waals surface area contributed by atoms with E-state index in [1.165, 1.54) is 0 Å². The van der Waals surface area contributed by atoms with Crippen LogP contribution in [0, 0.1) is 22.9 Å². The predicted octanol–water partition coefficient (Wildman–Crippen LogP) is 17.3. The summed E-state index contributed by atoms with van der Waals surface area (Å²) < 4.78 is 63.8. The Hall–Kier alpha value is -9.09. The maximum absolute atomic E-state index is 8.68. The van der Waals surface area contributed by atoms with Crippen molar-refractivity contribution in [2.75, 3.05) is 0 Å². The first-order chi connectivity index (χ1) is 38.6. The molecule has 74 heavy (non-hydrogen) atoms. The van der Waals surface area contributed by atoms with Gasteiger partial charge >= 0.3 is 368 Å². The van der Waals surface area contributed by atoms with Crippen molar-refractivity contribution >= 4 is 60.3 Å². The molecular formula is C67H42N4O2Pt-2. The number of para-hydroxylation sites is 4. The third-order valence-corrected chi connectivity index (χ3v) is 14.8. The maximum atomic E-state index is 8.68. The van der Waals surface area contributed by atoms with Gasteiger partial charge in [0.2, 0.25) is 0 Å². The molecule has 0 bridgehead atoms. The van der Waals surface area contributed by atoms with Crippen LogP contribution in [0.5, 0.6) is 11.5 Å². The molecule has 6 nitrogen and oxygen atoms in total. The van der Waals surface area contributed by atoms with Gasteiger partial charge in [0.1, 0.15) is 0 Å². The van der Waals surface area contributed by atoms with E-state index in [1.807, 2.05) is 90.4 Å². The zero-order valence-corrected chi connectivity index (χ0v) is 41.8. The minimum atomic E-state index is -0.441. The second kappa shape index (κ2) is 17.9. The molecule has 0 fully saturated rings. The van der Waals surface area contributed by atoms with E-state index in [4.69, 9.17) is 21.0 Å². The molecule has 0 amide bonds. The van der Waals surface area contributed by atoms with E-state index in [9.17, 15) is 0 Å². The molecule has 0 spiro atoms. The third-order valence-electron chi connectivity index (χ3n) is 13.8.